The summed E-state index contributed by atoms with van der Waals surface area (Å²) in [5.74, 6) is 2.88. The van der Waals surface area contributed by atoms with Gasteiger partial charge in [-0.25, -0.2) is 0 Å². The first-order valence-electron chi connectivity index (χ1n) is 15.1. The number of carbonyl (C=O) groups is 4. The number of likely N-dealkylation sites (N-methyl/N-ethyl adjacent to an activating group) is 1. The average molecular weight is 536 g/mol. The van der Waals surface area contributed by atoms with E-state index in [1.54, 1.807) is 7.05 Å². The van der Waals surface area contributed by atoms with Gasteiger partial charge in [-0.1, -0.05) is 37.5 Å². The van der Waals surface area contributed by atoms with Crippen LogP contribution < -0.4 is 10.6 Å². The maximum atomic E-state index is 13.0. The van der Waals surface area contributed by atoms with E-state index in [9.17, 15) is 19.2 Å². The highest BCUT2D eigenvalue weighted by Gasteiger charge is 2.89. The van der Waals surface area contributed by atoms with E-state index in [0.29, 0.717) is 36.3 Å². The molecule has 4 fully saturated rings. The Morgan fingerprint density at radius 1 is 1.05 bits per heavy atom. The highest BCUT2D eigenvalue weighted by atomic mass is 16.2. The Labute approximate surface area is 232 Å². The predicted molar refractivity (Wildman–Crippen MR) is 150 cm³/mol. The van der Waals surface area contributed by atoms with Crippen LogP contribution in [0, 0.1) is 28.6 Å². The van der Waals surface area contributed by atoms with Gasteiger partial charge in [0.05, 0.1) is 11.5 Å². The minimum Gasteiger partial charge on any atom is -0.359 e. The van der Waals surface area contributed by atoms with Crippen molar-refractivity contribution in [3.63, 3.8) is 0 Å². The number of unbranched alkanes of at least 4 members (excludes halogenated alkanes) is 4. The zero-order valence-electron chi connectivity index (χ0n) is 23.7. The van der Waals surface area contributed by atoms with Crippen LogP contribution in [0.5, 0.6) is 0 Å². The van der Waals surface area contributed by atoms with E-state index in [1.807, 2.05) is 24.1 Å². The van der Waals surface area contributed by atoms with Crippen molar-refractivity contribution in [1.82, 2.24) is 15.5 Å². The zero-order chi connectivity index (χ0) is 27.6. The predicted octanol–water partition coefficient (Wildman–Crippen LogP) is 4.07. The second-order valence-corrected chi connectivity index (χ2v) is 12.7. The molecule has 0 bridgehead atoms. The molecule has 39 heavy (non-hydrogen) atoms. The van der Waals surface area contributed by atoms with E-state index < -0.39 is 0 Å². The number of benzene rings is 1. The van der Waals surface area contributed by atoms with E-state index in [-0.39, 0.29) is 17.4 Å². The molecule has 5 rings (SSSR count). The summed E-state index contributed by atoms with van der Waals surface area (Å²) in [6.45, 7) is 1.29. The number of amides is 2. The quantitative estimate of drug-likeness (QED) is 0.232. The number of nitrogens with zero attached hydrogens (tertiary/aromatic N) is 1. The fourth-order valence-electron chi connectivity index (χ4n) is 9.01. The maximum Gasteiger partial charge on any atom is 0.226 e. The van der Waals surface area contributed by atoms with Gasteiger partial charge in [0.25, 0.3) is 0 Å². The maximum absolute atomic E-state index is 13.0. The van der Waals surface area contributed by atoms with Crippen LogP contribution in [-0.2, 0) is 27.3 Å². The van der Waals surface area contributed by atoms with Gasteiger partial charge in [-0.15, -0.1) is 0 Å². The van der Waals surface area contributed by atoms with E-state index in [0.717, 1.165) is 99.4 Å². The number of aryl methyl sites for hydroxylation is 1. The van der Waals surface area contributed by atoms with Crippen LogP contribution in [0.25, 0.3) is 0 Å². The van der Waals surface area contributed by atoms with Crippen molar-refractivity contribution in [2.75, 3.05) is 20.6 Å². The normalized spacial score (nSPS) is 29.9. The van der Waals surface area contributed by atoms with E-state index in [4.69, 9.17) is 0 Å². The molecule has 4 aliphatic rings. The molecule has 212 valence electrons. The molecule has 4 aliphatic carbocycles. The summed E-state index contributed by atoms with van der Waals surface area (Å²) in [6, 6.07) is 5.46. The Morgan fingerprint density at radius 3 is 2.41 bits per heavy atom. The van der Waals surface area contributed by atoms with Crippen molar-refractivity contribution in [3.8, 4) is 0 Å². The van der Waals surface area contributed by atoms with Gasteiger partial charge >= 0.3 is 0 Å². The van der Waals surface area contributed by atoms with E-state index >= 15 is 0 Å². The fraction of sp³-hybridized carbons (Fsp3) is 0.688. The topological polar surface area (TPSA) is 95.6 Å². The van der Waals surface area contributed by atoms with Gasteiger partial charge in [0.2, 0.25) is 11.8 Å². The molecule has 7 heteroatoms. The molecule has 0 saturated heterocycles. The molecule has 1 aromatic carbocycles. The van der Waals surface area contributed by atoms with E-state index in [2.05, 4.69) is 16.7 Å². The monoisotopic (exact) mass is 535 g/mol. The second kappa shape index (κ2) is 11.5. The van der Waals surface area contributed by atoms with Crippen LogP contribution in [0.2, 0.25) is 0 Å². The van der Waals surface area contributed by atoms with Gasteiger partial charge in [0.1, 0.15) is 12.6 Å². The molecular weight excluding hydrogens is 490 g/mol. The molecule has 0 aromatic heterocycles. The molecule has 0 heterocycles. The van der Waals surface area contributed by atoms with Crippen LogP contribution in [-0.4, -0.2) is 56.0 Å². The summed E-state index contributed by atoms with van der Waals surface area (Å²) in [5, 5.41) is 5.89. The number of nitrogens with one attached hydrogen (secondary N) is 2. The van der Waals surface area contributed by atoms with Crippen LogP contribution in [0.3, 0.4) is 0 Å². The van der Waals surface area contributed by atoms with Crippen molar-refractivity contribution >= 4 is 24.4 Å². The van der Waals surface area contributed by atoms with Gasteiger partial charge in [0.15, 0.2) is 0 Å². The number of carbonyl (C=O) groups excluding carboxylic acids is 4. The lowest BCUT2D eigenvalue weighted by molar-refractivity contribution is -0.413. The third-order valence-electron chi connectivity index (χ3n) is 11.0. The summed E-state index contributed by atoms with van der Waals surface area (Å²) in [7, 11) is 3.46. The lowest BCUT2D eigenvalue weighted by Crippen LogP contribution is -2.88. The van der Waals surface area contributed by atoms with Crippen molar-refractivity contribution < 1.29 is 19.2 Å². The molecule has 7 nitrogen and oxygen atoms in total. The number of aldehydes is 2. The molecule has 3 unspecified atom stereocenters. The van der Waals surface area contributed by atoms with Crippen LogP contribution in [0.1, 0.15) is 92.1 Å². The van der Waals surface area contributed by atoms with Gasteiger partial charge < -0.3 is 15.4 Å². The summed E-state index contributed by atoms with van der Waals surface area (Å²) in [4.78, 5) is 50.0. The average Bonchev–Trinajstić information content (AvgIpc) is 2.89. The highest BCUT2D eigenvalue weighted by Crippen LogP contribution is 2.92. The molecule has 2 N–H and O–H groups in total. The van der Waals surface area contributed by atoms with Gasteiger partial charge in [0, 0.05) is 32.1 Å². The van der Waals surface area contributed by atoms with Gasteiger partial charge in [-0.3, -0.25) is 19.3 Å². The fourth-order valence-corrected chi connectivity index (χ4v) is 9.01. The Kier molecular flexibility index (Phi) is 8.27. The number of hydrogen-bond donors (Lipinski definition) is 2. The lowest BCUT2D eigenvalue weighted by atomic mass is 9.13. The largest absolute Gasteiger partial charge is 0.359 e. The molecule has 4 saturated carbocycles. The Morgan fingerprint density at radius 2 is 1.77 bits per heavy atom. The minimum atomic E-state index is -0.380. The summed E-state index contributed by atoms with van der Waals surface area (Å²) < 4.78 is 0. The second-order valence-electron chi connectivity index (χ2n) is 12.7. The van der Waals surface area contributed by atoms with Gasteiger partial charge in [-0.05, 0) is 92.7 Å². The molecule has 1 spiro atoms. The molecule has 3 atom stereocenters. The molecule has 0 aliphatic heterocycles. The lowest BCUT2D eigenvalue weighted by Gasteiger charge is -2.90. The Balaban J connectivity index is 1.01. The third kappa shape index (κ3) is 4.64. The first-order valence-corrected chi connectivity index (χ1v) is 15.1. The standard InChI is InChI=1S/C32H45N3O4/c1-33-29(38)13-12-27(21-37)35(2)19-28-22(10-8-11-23(28)20-36)9-6-4-3-5-7-14-34-30(39)31-17-25-15-24-16-26(18-31)32(24,25)31/h8,10-11,20-21,24-27H,3-7,9,12-19H2,1-2H3,(H,33,38)(H,34,39). The highest BCUT2D eigenvalue weighted by molar-refractivity contribution is 5.88. The minimum absolute atomic E-state index is 0.0290. The Bertz CT molecular complexity index is 1080. The number of hydrogen-bond acceptors (Lipinski definition) is 5. The molecule has 1 aromatic rings. The van der Waals surface area contributed by atoms with E-state index in [1.165, 1.54) is 12.8 Å². The van der Waals surface area contributed by atoms with Crippen molar-refractivity contribution in [2.45, 2.75) is 89.6 Å². The smallest absolute Gasteiger partial charge is 0.226 e. The summed E-state index contributed by atoms with van der Waals surface area (Å²) >= 11 is 0. The Hall–Kier alpha value is -2.54. The van der Waals surface area contributed by atoms with Crippen molar-refractivity contribution in [1.29, 1.82) is 0 Å². The first kappa shape index (κ1) is 28.0. The van der Waals surface area contributed by atoms with Gasteiger partial charge in [-0.2, -0.15) is 0 Å². The third-order valence-corrected chi connectivity index (χ3v) is 11.0. The molecule has 2 amide bonds. The van der Waals surface area contributed by atoms with Crippen LogP contribution >= 0.6 is 0 Å². The SMILES string of the molecule is CNC(=O)CCC(C=O)N(C)Cc1c(C=O)cccc1CCCCCCCNC(=O)C12CC3CC4CC(C1)C432. The van der Waals surface area contributed by atoms with Crippen LogP contribution in [0.4, 0.5) is 0 Å². The van der Waals surface area contributed by atoms with Crippen molar-refractivity contribution in [2.24, 2.45) is 28.6 Å². The van der Waals surface area contributed by atoms with Crippen molar-refractivity contribution in [3.05, 3.63) is 34.9 Å². The summed E-state index contributed by atoms with van der Waals surface area (Å²) in [5.41, 5.74) is 3.28. The van der Waals surface area contributed by atoms with Crippen LogP contribution in [0.15, 0.2) is 18.2 Å². The molecular formula is C32H45N3O4. The number of rotatable bonds is 17. The summed E-state index contributed by atoms with van der Waals surface area (Å²) in [6.07, 6.45) is 13.9. The first-order chi connectivity index (χ1) is 18.9. The molecule has 0 radical (unpaired) electrons. The zero-order valence-corrected chi connectivity index (χ0v) is 23.7.